The molecule has 0 amide bonds. The minimum Gasteiger partial charge on any atom is -0.389 e. The molecule has 0 radical (unpaired) electrons. The van der Waals surface area contributed by atoms with Crippen LogP contribution in [0.2, 0.25) is 0 Å². The van der Waals surface area contributed by atoms with Crippen molar-refractivity contribution < 1.29 is 0 Å². The number of nitrogens with one attached hydrogen (secondary N) is 1. The van der Waals surface area contributed by atoms with Crippen LogP contribution in [0.3, 0.4) is 0 Å². The van der Waals surface area contributed by atoms with E-state index in [9.17, 15) is 0 Å². The topological polar surface area (TPSA) is 38.0 Å². The van der Waals surface area contributed by atoms with E-state index in [1.807, 2.05) is 30.0 Å². The molecule has 0 atom stereocenters. The van der Waals surface area contributed by atoms with Gasteiger partial charge in [-0.1, -0.05) is 18.3 Å². The van der Waals surface area contributed by atoms with Gasteiger partial charge in [0.05, 0.1) is 0 Å². The molecule has 1 aromatic carbocycles. The molecule has 0 saturated heterocycles. The first-order chi connectivity index (χ1) is 7.66. The molecule has 0 aliphatic rings. The summed E-state index contributed by atoms with van der Waals surface area (Å²) < 4.78 is 0.940. The van der Waals surface area contributed by atoms with Crippen molar-refractivity contribution >= 4 is 50.6 Å². The largest absolute Gasteiger partial charge is 0.389 e. The number of anilines is 1. The molecule has 0 unspecified atom stereocenters. The Morgan fingerprint density at radius 1 is 1.56 bits per heavy atom. The van der Waals surface area contributed by atoms with Crippen molar-refractivity contribution in [1.82, 2.24) is 0 Å². The quantitative estimate of drug-likeness (QED) is 0.623. The third kappa shape index (κ3) is 3.96. The van der Waals surface area contributed by atoms with Gasteiger partial charge in [0.2, 0.25) is 0 Å². The van der Waals surface area contributed by atoms with Gasteiger partial charge in [0.1, 0.15) is 4.99 Å². The van der Waals surface area contributed by atoms with Crippen LogP contribution in [0, 0.1) is 0 Å². The zero-order valence-corrected chi connectivity index (χ0v) is 12.3. The van der Waals surface area contributed by atoms with Crippen molar-refractivity contribution in [3.63, 3.8) is 0 Å². The monoisotopic (exact) mass is 318 g/mol. The number of hydrogen-bond acceptors (Lipinski definition) is 3. The fourth-order valence-corrected chi connectivity index (χ4v) is 2.73. The lowest BCUT2D eigenvalue weighted by Gasteiger charge is -2.12. The van der Waals surface area contributed by atoms with Gasteiger partial charge in [0.15, 0.2) is 0 Å². The van der Waals surface area contributed by atoms with Crippen LogP contribution in [0.5, 0.6) is 0 Å². The van der Waals surface area contributed by atoms with E-state index in [1.54, 1.807) is 0 Å². The Bertz CT molecular complexity index is 369. The number of halogens is 1. The average molecular weight is 319 g/mol. The van der Waals surface area contributed by atoms with Gasteiger partial charge in [-0.15, -0.1) is 0 Å². The van der Waals surface area contributed by atoms with Crippen LogP contribution in [0.1, 0.15) is 12.0 Å². The van der Waals surface area contributed by atoms with Crippen molar-refractivity contribution in [3.8, 4) is 0 Å². The number of thiocarbonyl (C=S) groups is 1. The maximum absolute atomic E-state index is 5.70. The van der Waals surface area contributed by atoms with Gasteiger partial charge in [-0.3, -0.25) is 0 Å². The molecular formula is C11H15BrN2S2. The van der Waals surface area contributed by atoms with E-state index < -0.39 is 0 Å². The fourth-order valence-electron chi connectivity index (χ4n) is 1.36. The number of nitrogens with two attached hydrogens (primary N) is 1. The summed E-state index contributed by atoms with van der Waals surface area (Å²) in [4.78, 5) is 0.417. The summed E-state index contributed by atoms with van der Waals surface area (Å²) in [5.41, 5.74) is 7.60. The fraction of sp³-hybridized carbons (Fsp3) is 0.364. The first-order valence-electron chi connectivity index (χ1n) is 4.98. The van der Waals surface area contributed by atoms with Gasteiger partial charge in [-0.2, -0.15) is 11.8 Å². The molecule has 2 nitrogen and oxygen atoms in total. The third-order valence-corrected chi connectivity index (χ3v) is 3.66. The zero-order chi connectivity index (χ0) is 12.0. The van der Waals surface area contributed by atoms with Crippen LogP contribution < -0.4 is 11.1 Å². The van der Waals surface area contributed by atoms with E-state index in [0.29, 0.717) is 4.99 Å². The summed E-state index contributed by atoms with van der Waals surface area (Å²) in [7, 11) is 0. The lowest BCUT2D eigenvalue weighted by Crippen LogP contribution is -2.14. The molecular weight excluding hydrogens is 304 g/mol. The molecule has 88 valence electrons. The van der Waals surface area contributed by atoms with E-state index in [4.69, 9.17) is 18.0 Å². The van der Waals surface area contributed by atoms with E-state index in [0.717, 1.165) is 34.4 Å². The second-order valence-corrected chi connectivity index (χ2v) is 5.58. The third-order valence-electron chi connectivity index (χ3n) is 2.10. The molecule has 0 aromatic heterocycles. The molecule has 0 aliphatic heterocycles. The van der Waals surface area contributed by atoms with Crippen LogP contribution in [-0.4, -0.2) is 23.5 Å². The molecule has 5 heteroatoms. The Labute approximate surface area is 114 Å². The highest BCUT2D eigenvalue weighted by Crippen LogP contribution is 2.24. The maximum Gasteiger partial charge on any atom is 0.107 e. The van der Waals surface area contributed by atoms with Gasteiger partial charge >= 0.3 is 0 Å². The van der Waals surface area contributed by atoms with Crippen LogP contribution in [0.25, 0.3) is 0 Å². The van der Waals surface area contributed by atoms with Crippen LogP contribution in [0.15, 0.2) is 22.7 Å². The SMILES string of the molecule is CSCCCNc1cccc(Br)c1C(N)=S. The van der Waals surface area contributed by atoms with Gasteiger partial charge in [-0.25, -0.2) is 0 Å². The maximum atomic E-state index is 5.70. The van der Waals surface area contributed by atoms with E-state index >= 15 is 0 Å². The molecule has 16 heavy (non-hydrogen) atoms. The van der Waals surface area contributed by atoms with E-state index in [1.165, 1.54) is 0 Å². The molecule has 1 aromatic rings. The Balaban J connectivity index is 2.71. The zero-order valence-electron chi connectivity index (χ0n) is 9.13. The molecule has 0 saturated carbocycles. The summed E-state index contributed by atoms with van der Waals surface area (Å²) in [5, 5.41) is 3.36. The van der Waals surface area contributed by atoms with Crippen LogP contribution in [0.4, 0.5) is 5.69 Å². The second-order valence-electron chi connectivity index (χ2n) is 3.30. The molecule has 3 N–H and O–H groups in total. The Morgan fingerprint density at radius 3 is 2.94 bits per heavy atom. The van der Waals surface area contributed by atoms with Crippen LogP contribution in [-0.2, 0) is 0 Å². The second kappa shape index (κ2) is 7.14. The number of benzene rings is 1. The molecule has 1 rings (SSSR count). The van der Waals surface area contributed by atoms with Gasteiger partial charge in [0.25, 0.3) is 0 Å². The lowest BCUT2D eigenvalue weighted by atomic mass is 10.1. The van der Waals surface area contributed by atoms with Crippen LogP contribution >= 0.6 is 39.9 Å². The normalized spacial score (nSPS) is 10.1. The number of thioether (sulfide) groups is 1. The molecule has 0 fully saturated rings. The molecule has 0 spiro atoms. The van der Waals surface area contributed by atoms with Crippen molar-refractivity contribution in [2.75, 3.05) is 23.9 Å². The molecule has 0 bridgehead atoms. The summed E-state index contributed by atoms with van der Waals surface area (Å²) >= 11 is 10.4. The molecule has 0 heterocycles. The smallest absolute Gasteiger partial charge is 0.107 e. The van der Waals surface area contributed by atoms with Crippen molar-refractivity contribution in [1.29, 1.82) is 0 Å². The Morgan fingerprint density at radius 2 is 2.31 bits per heavy atom. The van der Waals surface area contributed by atoms with Gasteiger partial charge < -0.3 is 11.1 Å². The number of hydrogen-bond donors (Lipinski definition) is 2. The first-order valence-corrected chi connectivity index (χ1v) is 7.57. The molecule has 0 aliphatic carbocycles. The van der Waals surface area contributed by atoms with E-state index in [2.05, 4.69) is 27.5 Å². The Kier molecular flexibility index (Phi) is 6.16. The summed E-state index contributed by atoms with van der Waals surface area (Å²) in [5.74, 6) is 1.16. The highest BCUT2D eigenvalue weighted by atomic mass is 79.9. The summed E-state index contributed by atoms with van der Waals surface area (Å²) in [6, 6.07) is 5.92. The first kappa shape index (κ1) is 13.8. The van der Waals surface area contributed by atoms with Gasteiger partial charge in [-0.05, 0) is 46.5 Å². The highest BCUT2D eigenvalue weighted by molar-refractivity contribution is 9.10. The minimum absolute atomic E-state index is 0.417. The van der Waals surface area contributed by atoms with Crippen molar-refractivity contribution in [2.45, 2.75) is 6.42 Å². The predicted octanol–water partition coefficient (Wildman–Crippen LogP) is 3.25. The van der Waals surface area contributed by atoms with Gasteiger partial charge in [0, 0.05) is 22.3 Å². The predicted molar refractivity (Wildman–Crippen MR) is 81.5 cm³/mol. The number of rotatable bonds is 6. The Hall–Kier alpha value is -0.260. The summed E-state index contributed by atoms with van der Waals surface area (Å²) in [6.07, 6.45) is 3.24. The summed E-state index contributed by atoms with van der Waals surface area (Å²) in [6.45, 7) is 0.937. The lowest BCUT2D eigenvalue weighted by molar-refractivity contribution is 0.992. The van der Waals surface area contributed by atoms with Crippen molar-refractivity contribution in [2.24, 2.45) is 5.73 Å². The van der Waals surface area contributed by atoms with E-state index in [-0.39, 0.29) is 0 Å². The highest BCUT2D eigenvalue weighted by Gasteiger charge is 2.08. The van der Waals surface area contributed by atoms with Crippen molar-refractivity contribution in [3.05, 3.63) is 28.2 Å². The average Bonchev–Trinajstić information content (AvgIpc) is 2.24. The minimum atomic E-state index is 0.417. The standard InChI is InChI=1S/C11H15BrN2S2/c1-16-7-3-6-14-9-5-2-4-8(12)10(9)11(13)15/h2,4-5,14H,3,6-7H2,1H3,(H2,13,15).